The Morgan fingerprint density at radius 3 is 2.56 bits per heavy atom. The third kappa shape index (κ3) is 4.88. The fraction of sp³-hybridized carbons (Fsp3) is 0.560. The first kappa shape index (κ1) is 21.2. The molecule has 1 aromatic carbocycles. The number of ether oxygens (including phenoxy) is 1. The predicted molar refractivity (Wildman–Crippen MR) is 125 cm³/mol. The van der Waals surface area contributed by atoms with Gasteiger partial charge in [-0.3, -0.25) is 9.69 Å². The summed E-state index contributed by atoms with van der Waals surface area (Å²) in [7, 11) is 0. The minimum Gasteiger partial charge on any atom is -0.463 e. The largest absolute Gasteiger partial charge is 0.463 e. The summed E-state index contributed by atoms with van der Waals surface area (Å²) in [5.41, 5.74) is 9.46. The monoisotopic (exact) mass is 435 g/mol. The molecule has 0 unspecified atom stereocenters. The smallest absolute Gasteiger partial charge is 0.320 e. The minimum atomic E-state index is 0.139. The number of hydrogen-bond acceptors (Lipinski definition) is 7. The number of hydrogen-bond donors (Lipinski definition) is 1. The number of carbonyl (C=O) groups is 1. The number of nitrogens with zero attached hydrogens (tertiary/aromatic N) is 4. The highest BCUT2D eigenvalue weighted by Crippen LogP contribution is 2.31. The van der Waals surface area contributed by atoms with Crippen molar-refractivity contribution in [1.29, 1.82) is 0 Å². The van der Waals surface area contributed by atoms with Crippen molar-refractivity contribution < 1.29 is 9.53 Å². The zero-order valence-corrected chi connectivity index (χ0v) is 18.8. The first-order valence-electron chi connectivity index (χ1n) is 12.0. The van der Waals surface area contributed by atoms with Crippen LogP contribution >= 0.6 is 0 Å². The van der Waals surface area contributed by atoms with Gasteiger partial charge in [-0.1, -0.05) is 37.1 Å². The summed E-state index contributed by atoms with van der Waals surface area (Å²) in [6.07, 6.45) is 7.82. The number of Topliss-reactive ketones (excluding diaryl/α,β-unsaturated/α-hetero) is 1. The summed E-state index contributed by atoms with van der Waals surface area (Å²) in [4.78, 5) is 26.1. The maximum atomic E-state index is 12.5. The second kappa shape index (κ2) is 9.45. The summed E-state index contributed by atoms with van der Waals surface area (Å²) >= 11 is 0. The van der Waals surface area contributed by atoms with Gasteiger partial charge in [0.2, 0.25) is 0 Å². The first-order valence-corrected chi connectivity index (χ1v) is 12.0. The lowest BCUT2D eigenvalue weighted by atomic mass is 10.0. The van der Waals surface area contributed by atoms with Gasteiger partial charge in [0, 0.05) is 25.1 Å². The fourth-order valence-corrected chi connectivity index (χ4v) is 5.25. The molecule has 7 heteroatoms. The Hall–Kier alpha value is -2.67. The zero-order valence-electron chi connectivity index (χ0n) is 18.8. The van der Waals surface area contributed by atoms with Gasteiger partial charge in [0.05, 0.1) is 13.2 Å². The van der Waals surface area contributed by atoms with Gasteiger partial charge in [-0.15, -0.1) is 0 Å². The number of ketones is 1. The third-order valence-corrected chi connectivity index (χ3v) is 6.93. The van der Waals surface area contributed by atoms with E-state index in [4.69, 9.17) is 15.5 Å². The SMILES string of the molecule is Nc1nc(OCC2CCCC2)nc2c1CC(=O)CN2Cc1cccc(CN2CCCC2)c1. The van der Waals surface area contributed by atoms with Crippen LogP contribution in [0.3, 0.4) is 0 Å². The highest BCUT2D eigenvalue weighted by atomic mass is 16.5. The summed E-state index contributed by atoms with van der Waals surface area (Å²) in [5.74, 6) is 1.81. The quantitative estimate of drug-likeness (QED) is 0.714. The Bertz CT molecular complexity index is 967. The topological polar surface area (TPSA) is 84.6 Å². The molecule has 0 atom stereocenters. The second-order valence-electron chi connectivity index (χ2n) is 9.53. The average molecular weight is 436 g/mol. The van der Waals surface area contributed by atoms with Crippen LogP contribution in [-0.2, 0) is 24.3 Å². The normalized spacial score (nSPS) is 19.5. The molecule has 170 valence electrons. The van der Waals surface area contributed by atoms with Crippen LogP contribution in [0.25, 0.3) is 0 Å². The van der Waals surface area contributed by atoms with Crippen molar-refractivity contribution in [1.82, 2.24) is 14.9 Å². The van der Waals surface area contributed by atoms with Gasteiger partial charge in [-0.2, -0.15) is 9.97 Å². The van der Waals surface area contributed by atoms with Crippen molar-refractivity contribution in [3.8, 4) is 6.01 Å². The molecule has 32 heavy (non-hydrogen) atoms. The molecular weight excluding hydrogens is 402 g/mol. The van der Waals surface area contributed by atoms with Crippen LogP contribution in [0.2, 0.25) is 0 Å². The number of aromatic nitrogens is 2. The molecule has 2 aliphatic heterocycles. The van der Waals surface area contributed by atoms with Gasteiger partial charge in [-0.05, 0) is 55.8 Å². The number of fused-ring (bicyclic) bond motifs is 1. The van der Waals surface area contributed by atoms with E-state index >= 15 is 0 Å². The van der Waals surface area contributed by atoms with Crippen LogP contribution < -0.4 is 15.4 Å². The Labute approximate surface area is 190 Å². The standard InChI is InChI=1S/C25H33N5O2/c26-23-22-13-21(31)16-30(24(22)28-25(27-23)32-17-18-6-1-2-7-18)15-20-9-5-8-19(12-20)14-29-10-3-4-11-29/h5,8-9,12,18H,1-4,6-7,10-11,13-17H2,(H2,26,27,28). The van der Waals surface area contributed by atoms with Crippen molar-refractivity contribution >= 4 is 17.4 Å². The van der Waals surface area contributed by atoms with Crippen molar-refractivity contribution in [2.24, 2.45) is 5.92 Å². The molecule has 1 aliphatic carbocycles. The number of benzene rings is 1. The van der Waals surface area contributed by atoms with E-state index in [1.165, 1.54) is 62.7 Å². The van der Waals surface area contributed by atoms with Gasteiger partial charge in [0.1, 0.15) is 11.6 Å². The van der Waals surface area contributed by atoms with Crippen LogP contribution in [0.15, 0.2) is 24.3 Å². The van der Waals surface area contributed by atoms with E-state index in [0.717, 1.165) is 17.9 Å². The van der Waals surface area contributed by atoms with Gasteiger partial charge in [0.15, 0.2) is 5.78 Å². The van der Waals surface area contributed by atoms with E-state index in [9.17, 15) is 4.79 Å². The Morgan fingerprint density at radius 2 is 1.78 bits per heavy atom. The number of likely N-dealkylation sites (tertiary alicyclic amines) is 1. The molecule has 2 N–H and O–H groups in total. The summed E-state index contributed by atoms with van der Waals surface area (Å²) in [5, 5.41) is 0. The molecule has 1 aromatic heterocycles. The van der Waals surface area contributed by atoms with Crippen LogP contribution in [0.5, 0.6) is 6.01 Å². The lowest BCUT2D eigenvalue weighted by Gasteiger charge is -2.30. The highest BCUT2D eigenvalue weighted by molar-refractivity contribution is 5.91. The minimum absolute atomic E-state index is 0.139. The van der Waals surface area contributed by atoms with Crippen molar-refractivity contribution in [2.45, 2.75) is 58.0 Å². The van der Waals surface area contributed by atoms with Crippen LogP contribution in [0.4, 0.5) is 11.6 Å². The lowest BCUT2D eigenvalue weighted by Crippen LogP contribution is -2.37. The van der Waals surface area contributed by atoms with E-state index in [1.807, 2.05) is 4.90 Å². The molecule has 1 saturated carbocycles. The van der Waals surface area contributed by atoms with E-state index < -0.39 is 0 Å². The van der Waals surface area contributed by atoms with E-state index in [-0.39, 0.29) is 12.2 Å². The summed E-state index contributed by atoms with van der Waals surface area (Å²) < 4.78 is 5.94. The average Bonchev–Trinajstić information content (AvgIpc) is 3.48. The number of nitrogen functional groups attached to an aromatic ring is 1. The third-order valence-electron chi connectivity index (χ3n) is 6.93. The Balaban J connectivity index is 1.34. The molecule has 0 amide bonds. The summed E-state index contributed by atoms with van der Waals surface area (Å²) in [6, 6.07) is 8.99. The highest BCUT2D eigenvalue weighted by Gasteiger charge is 2.28. The van der Waals surface area contributed by atoms with Crippen molar-refractivity contribution in [2.75, 3.05) is 36.9 Å². The van der Waals surface area contributed by atoms with Crippen molar-refractivity contribution in [3.63, 3.8) is 0 Å². The van der Waals surface area contributed by atoms with Crippen LogP contribution in [-0.4, -0.2) is 46.9 Å². The molecule has 2 aromatic rings. The molecule has 7 nitrogen and oxygen atoms in total. The van der Waals surface area contributed by atoms with Gasteiger partial charge in [0.25, 0.3) is 0 Å². The van der Waals surface area contributed by atoms with Crippen LogP contribution in [0, 0.1) is 5.92 Å². The Morgan fingerprint density at radius 1 is 1.03 bits per heavy atom. The van der Waals surface area contributed by atoms with Gasteiger partial charge >= 0.3 is 6.01 Å². The second-order valence-corrected chi connectivity index (χ2v) is 9.53. The molecule has 0 radical (unpaired) electrons. The fourth-order valence-electron chi connectivity index (χ4n) is 5.25. The molecule has 3 heterocycles. The molecule has 0 bridgehead atoms. The van der Waals surface area contributed by atoms with E-state index in [2.05, 4.69) is 34.1 Å². The number of rotatable bonds is 7. The lowest BCUT2D eigenvalue weighted by molar-refractivity contribution is -0.117. The van der Waals surface area contributed by atoms with Gasteiger partial charge < -0.3 is 15.4 Å². The Kier molecular flexibility index (Phi) is 6.26. The summed E-state index contributed by atoms with van der Waals surface area (Å²) in [6.45, 7) is 4.93. The van der Waals surface area contributed by atoms with Crippen LogP contribution in [0.1, 0.15) is 55.2 Å². The molecule has 5 rings (SSSR count). The van der Waals surface area contributed by atoms with E-state index in [1.54, 1.807) is 0 Å². The molecule has 2 fully saturated rings. The molecule has 3 aliphatic rings. The molecular formula is C25H33N5O2. The van der Waals surface area contributed by atoms with E-state index in [0.29, 0.717) is 37.4 Å². The number of carbonyl (C=O) groups excluding carboxylic acids is 1. The maximum absolute atomic E-state index is 12.5. The van der Waals surface area contributed by atoms with Crippen molar-refractivity contribution in [3.05, 3.63) is 41.0 Å². The molecule has 1 saturated heterocycles. The first-order chi connectivity index (χ1) is 15.6. The van der Waals surface area contributed by atoms with Gasteiger partial charge in [-0.25, -0.2) is 0 Å². The number of anilines is 2. The predicted octanol–water partition coefficient (Wildman–Crippen LogP) is 3.36. The maximum Gasteiger partial charge on any atom is 0.320 e. The molecule has 0 spiro atoms. The zero-order chi connectivity index (χ0) is 21.9. The number of nitrogens with two attached hydrogens (primary N) is 1.